The summed E-state index contributed by atoms with van der Waals surface area (Å²) in [5, 5.41) is 11.1. The minimum atomic E-state index is -0.523. The Morgan fingerprint density at radius 2 is 1.75 bits per heavy atom. The van der Waals surface area contributed by atoms with Crippen molar-refractivity contribution in [2.24, 2.45) is 0 Å². The zero-order valence-electron chi connectivity index (χ0n) is 11.6. The predicted octanol–water partition coefficient (Wildman–Crippen LogP) is 5.34. The number of hydrogen-bond acceptors (Lipinski definition) is 1. The van der Waals surface area contributed by atoms with Crippen molar-refractivity contribution in [3.63, 3.8) is 0 Å². The van der Waals surface area contributed by atoms with Gasteiger partial charge in [-0.1, -0.05) is 49.7 Å². The Labute approximate surface area is 139 Å². The highest BCUT2D eigenvalue weighted by Gasteiger charge is 2.13. The van der Waals surface area contributed by atoms with E-state index >= 15 is 0 Å². The number of aliphatic hydroxyl groups excluding tert-OH is 1. The van der Waals surface area contributed by atoms with Gasteiger partial charge in [0.15, 0.2) is 0 Å². The molecule has 0 spiro atoms. The molecule has 0 saturated heterocycles. The zero-order valence-corrected chi connectivity index (χ0v) is 14.5. The van der Waals surface area contributed by atoms with Crippen LogP contribution in [0.5, 0.6) is 0 Å². The van der Waals surface area contributed by atoms with E-state index < -0.39 is 6.10 Å². The molecule has 1 unspecified atom stereocenters. The van der Waals surface area contributed by atoms with E-state index in [2.05, 4.69) is 60.7 Å². The molecule has 0 fully saturated rings. The van der Waals surface area contributed by atoms with Crippen LogP contribution in [0, 0.1) is 3.57 Å². The van der Waals surface area contributed by atoms with Crippen molar-refractivity contribution in [2.75, 3.05) is 0 Å². The minimum absolute atomic E-state index is 0.523. The third-order valence-electron chi connectivity index (χ3n) is 3.39. The molecule has 0 heterocycles. The fraction of sp³-hybridized carbons (Fsp3) is 0.294. The maximum atomic E-state index is 10.4. The van der Waals surface area contributed by atoms with Crippen LogP contribution in [0.3, 0.4) is 0 Å². The lowest BCUT2D eigenvalue weighted by atomic mass is 9.97. The minimum Gasteiger partial charge on any atom is -0.388 e. The van der Waals surface area contributed by atoms with Crippen LogP contribution in [-0.4, -0.2) is 5.11 Å². The van der Waals surface area contributed by atoms with Gasteiger partial charge in [-0.05, 0) is 63.4 Å². The van der Waals surface area contributed by atoms with Crippen molar-refractivity contribution < 1.29 is 5.11 Å². The van der Waals surface area contributed by atoms with Crippen molar-refractivity contribution in [1.29, 1.82) is 0 Å². The largest absolute Gasteiger partial charge is 0.388 e. The molecule has 0 aliphatic rings. The van der Waals surface area contributed by atoms with Gasteiger partial charge in [-0.3, -0.25) is 0 Å². The summed E-state index contributed by atoms with van der Waals surface area (Å²) in [6.07, 6.45) is 0.0832. The lowest BCUT2D eigenvalue weighted by Gasteiger charge is -2.14. The number of halogens is 2. The second kappa shape index (κ2) is 6.92. The summed E-state index contributed by atoms with van der Waals surface area (Å²) in [6, 6.07) is 14.1. The van der Waals surface area contributed by atoms with Crippen molar-refractivity contribution in [3.05, 3.63) is 67.7 Å². The Hall–Kier alpha value is -0.580. The van der Waals surface area contributed by atoms with E-state index in [-0.39, 0.29) is 0 Å². The first-order chi connectivity index (χ1) is 9.47. The van der Waals surface area contributed by atoms with Gasteiger partial charge < -0.3 is 5.11 Å². The highest BCUT2D eigenvalue weighted by molar-refractivity contribution is 14.1. The summed E-state index contributed by atoms with van der Waals surface area (Å²) in [5.41, 5.74) is 3.35. The summed E-state index contributed by atoms with van der Waals surface area (Å²) in [6.45, 7) is 4.36. The maximum Gasteiger partial charge on any atom is 0.0841 e. The Morgan fingerprint density at radius 1 is 1.10 bits per heavy atom. The van der Waals surface area contributed by atoms with Crippen molar-refractivity contribution in [1.82, 2.24) is 0 Å². The lowest BCUT2D eigenvalue weighted by molar-refractivity contribution is 0.177. The van der Waals surface area contributed by atoms with Gasteiger partial charge in [0.25, 0.3) is 0 Å². The molecule has 0 saturated carbocycles. The van der Waals surface area contributed by atoms with Gasteiger partial charge in [0.1, 0.15) is 0 Å². The third kappa shape index (κ3) is 3.96. The van der Waals surface area contributed by atoms with Gasteiger partial charge in [-0.15, -0.1) is 0 Å². The first-order valence-electron chi connectivity index (χ1n) is 6.69. The Kier molecular flexibility index (Phi) is 5.47. The highest BCUT2D eigenvalue weighted by Crippen LogP contribution is 2.27. The van der Waals surface area contributed by atoms with Gasteiger partial charge >= 0.3 is 0 Å². The Morgan fingerprint density at radius 3 is 2.35 bits per heavy atom. The van der Waals surface area contributed by atoms with Gasteiger partial charge in [-0.2, -0.15) is 0 Å². The smallest absolute Gasteiger partial charge is 0.0841 e. The standard InChI is InChI=1S/C17H18ClIO/c1-11(2)13-5-3-12(4-6-13)9-17(20)15-10-14(18)7-8-16(15)19/h3-8,10-11,17,20H,9H2,1-2H3. The van der Waals surface area contributed by atoms with Crippen LogP contribution in [0.4, 0.5) is 0 Å². The second-order valence-electron chi connectivity index (χ2n) is 5.28. The van der Waals surface area contributed by atoms with Crippen LogP contribution >= 0.6 is 34.2 Å². The first kappa shape index (κ1) is 15.8. The molecule has 106 valence electrons. The summed E-state index contributed by atoms with van der Waals surface area (Å²) in [7, 11) is 0. The molecule has 0 aromatic heterocycles. The molecule has 0 amide bonds. The van der Waals surface area contributed by atoms with E-state index in [4.69, 9.17) is 11.6 Å². The van der Waals surface area contributed by atoms with Gasteiger partial charge in [-0.25, -0.2) is 0 Å². The molecule has 1 atom stereocenters. The predicted molar refractivity (Wildman–Crippen MR) is 93.4 cm³/mol. The summed E-state index contributed by atoms with van der Waals surface area (Å²) < 4.78 is 1.04. The Balaban J connectivity index is 2.14. The normalized spacial score (nSPS) is 12.7. The van der Waals surface area contributed by atoms with Crippen molar-refractivity contribution in [3.8, 4) is 0 Å². The van der Waals surface area contributed by atoms with E-state index in [1.54, 1.807) is 0 Å². The van der Waals surface area contributed by atoms with Gasteiger partial charge in [0.2, 0.25) is 0 Å². The zero-order chi connectivity index (χ0) is 14.7. The molecule has 0 radical (unpaired) electrons. The molecular weight excluding hydrogens is 383 g/mol. The highest BCUT2D eigenvalue weighted by atomic mass is 127. The molecule has 0 aliphatic heterocycles. The molecule has 20 heavy (non-hydrogen) atoms. The fourth-order valence-corrected chi connectivity index (χ4v) is 3.02. The molecule has 2 aromatic carbocycles. The second-order valence-corrected chi connectivity index (χ2v) is 6.88. The van der Waals surface area contributed by atoms with Crippen LogP contribution in [-0.2, 0) is 6.42 Å². The molecule has 1 nitrogen and oxygen atoms in total. The molecule has 0 aliphatic carbocycles. The fourth-order valence-electron chi connectivity index (χ4n) is 2.14. The maximum absolute atomic E-state index is 10.4. The quantitative estimate of drug-likeness (QED) is 0.687. The third-order valence-corrected chi connectivity index (χ3v) is 4.61. The molecule has 1 N–H and O–H groups in total. The molecule has 2 rings (SSSR count). The molecule has 2 aromatic rings. The lowest BCUT2D eigenvalue weighted by Crippen LogP contribution is -2.04. The molecule has 3 heteroatoms. The average molecular weight is 401 g/mol. The van der Waals surface area contributed by atoms with E-state index in [0.717, 1.165) is 14.7 Å². The topological polar surface area (TPSA) is 20.2 Å². The number of hydrogen-bond donors (Lipinski definition) is 1. The van der Waals surface area contributed by atoms with Crippen molar-refractivity contribution >= 4 is 34.2 Å². The van der Waals surface area contributed by atoms with Crippen LogP contribution in [0.2, 0.25) is 5.02 Å². The van der Waals surface area contributed by atoms with E-state index in [9.17, 15) is 5.11 Å². The van der Waals surface area contributed by atoms with Gasteiger partial charge in [0.05, 0.1) is 6.10 Å². The Bertz CT molecular complexity index is 578. The number of aliphatic hydroxyl groups is 1. The molecule has 0 bridgehead atoms. The summed E-state index contributed by atoms with van der Waals surface area (Å²) >= 11 is 8.24. The van der Waals surface area contributed by atoms with Crippen LogP contribution in [0.15, 0.2) is 42.5 Å². The van der Waals surface area contributed by atoms with E-state index in [0.29, 0.717) is 17.4 Å². The summed E-state index contributed by atoms with van der Waals surface area (Å²) in [5.74, 6) is 0.530. The molecular formula is C17H18ClIO. The van der Waals surface area contributed by atoms with E-state index in [1.807, 2.05) is 18.2 Å². The van der Waals surface area contributed by atoms with E-state index in [1.165, 1.54) is 5.56 Å². The average Bonchev–Trinajstić information content (AvgIpc) is 2.42. The van der Waals surface area contributed by atoms with Gasteiger partial charge in [0, 0.05) is 15.0 Å². The summed E-state index contributed by atoms with van der Waals surface area (Å²) in [4.78, 5) is 0. The number of benzene rings is 2. The van der Waals surface area contributed by atoms with Crippen LogP contribution < -0.4 is 0 Å². The number of rotatable bonds is 4. The monoisotopic (exact) mass is 400 g/mol. The van der Waals surface area contributed by atoms with Crippen LogP contribution in [0.1, 0.15) is 42.6 Å². The first-order valence-corrected chi connectivity index (χ1v) is 8.15. The van der Waals surface area contributed by atoms with Crippen LogP contribution in [0.25, 0.3) is 0 Å². The van der Waals surface area contributed by atoms with Crippen molar-refractivity contribution in [2.45, 2.75) is 32.3 Å². The SMILES string of the molecule is CC(C)c1ccc(CC(O)c2cc(Cl)ccc2I)cc1.